The third-order valence-electron chi connectivity index (χ3n) is 2.27. The Kier molecular flexibility index (Phi) is 3.36. The molecule has 4 nitrogen and oxygen atoms in total. The molecule has 0 atom stereocenters. The van der Waals surface area contributed by atoms with Crippen LogP contribution in [-0.4, -0.2) is 21.1 Å². The van der Waals surface area contributed by atoms with Crippen molar-refractivity contribution in [3.63, 3.8) is 0 Å². The smallest absolute Gasteiger partial charge is 0.152 e. The fourth-order valence-corrected chi connectivity index (χ4v) is 2.20. The van der Waals surface area contributed by atoms with Crippen molar-refractivity contribution >= 4 is 15.9 Å². The van der Waals surface area contributed by atoms with Crippen LogP contribution in [0.5, 0.6) is 0 Å². The van der Waals surface area contributed by atoms with Crippen LogP contribution in [0.4, 0.5) is 0 Å². The molecule has 0 aliphatic carbocycles. The molecular weight excluding hydrogens is 268 g/mol. The van der Waals surface area contributed by atoms with E-state index in [0.717, 1.165) is 28.1 Å². The molecule has 0 spiro atoms. The third-order valence-corrected chi connectivity index (χ3v) is 2.86. The standard InChI is InChI=1S/C11H13BrN4/c1-8-6-9(12)11(15-7-8)16-5-4-14-10(16)2-3-13/h4-7H,2-3,13H2,1H3. The van der Waals surface area contributed by atoms with Crippen molar-refractivity contribution in [2.24, 2.45) is 5.73 Å². The van der Waals surface area contributed by atoms with E-state index in [4.69, 9.17) is 5.73 Å². The van der Waals surface area contributed by atoms with Crippen LogP contribution in [0.3, 0.4) is 0 Å². The Labute approximate surface area is 103 Å². The van der Waals surface area contributed by atoms with Crippen LogP contribution in [0.1, 0.15) is 11.4 Å². The topological polar surface area (TPSA) is 56.7 Å². The summed E-state index contributed by atoms with van der Waals surface area (Å²) in [5, 5.41) is 0. The Hall–Kier alpha value is -1.20. The van der Waals surface area contributed by atoms with Crippen LogP contribution in [0.2, 0.25) is 0 Å². The van der Waals surface area contributed by atoms with E-state index in [1.807, 2.05) is 30.0 Å². The van der Waals surface area contributed by atoms with Gasteiger partial charge in [0.15, 0.2) is 5.82 Å². The summed E-state index contributed by atoms with van der Waals surface area (Å²) in [5.74, 6) is 1.78. The van der Waals surface area contributed by atoms with E-state index < -0.39 is 0 Å². The van der Waals surface area contributed by atoms with Gasteiger partial charge in [-0.3, -0.25) is 4.57 Å². The lowest BCUT2D eigenvalue weighted by molar-refractivity contribution is 0.820. The molecule has 2 heterocycles. The number of aryl methyl sites for hydroxylation is 1. The maximum atomic E-state index is 5.54. The van der Waals surface area contributed by atoms with Crippen LogP contribution in [0.25, 0.3) is 5.82 Å². The minimum Gasteiger partial charge on any atom is -0.330 e. The van der Waals surface area contributed by atoms with Crippen LogP contribution in [0.15, 0.2) is 29.1 Å². The summed E-state index contributed by atoms with van der Waals surface area (Å²) in [6.45, 7) is 2.59. The second-order valence-corrected chi connectivity index (χ2v) is 4.42. The predicted molar refractivity (Wildman–Crippen MR) is 66.6 cm³/mol. The molecule has 2 N–H and O–H groups in total. The Morgan fingerprint density at radius 3 is 2.94 bits per heavy atom. The normalized spacial score (nSPS) is 10.7. The van der Waals surface area contributed by atoms with Gasteiger partial charge in [-0.1, -0.05) is 0 Å². The molecule has 0 bridgehead atoms. The summed E-state index contributed by atoms with van der Waals surface area (Å²) in [7, 11) is 0. The molecule has 0 radical (unpaired) electrons. The average Bonchev–Trinajstić information content (AvgIpc) is 2.67. The fourth-order valence-electron chi connectivity index (χ4n) is 1.54. The molecule has 2 aromatic heterocycles. The molecule has 5 heteroatoms. The molecule has 84 valence electrons. The molecule has 0 saturated heterocycles. The summed E-state index contributed by atoms with van der Waals surface area (Å²) in [4.78, 5) is 8.67. The minimum atomic E-state index is 0.584. The number of hydrogen-bond donors (Lipinski definition) is 1. The number of nitrogens with zero attached hydrogens (tertiary/aromatic N) is 3. The molecule has 0 aliphatic rings. The first kappa shape index (κ1) is 11.3. The number of aromatic nitrogens is 3. The van der Waals surface area contributed by atoms with E-state index in [9.17, 15) is 0 Å². The number of halogens is 1. The number of hydrogen-bond acceptors (Lipinski definition) is 3. The zero-order chi connectivity index (χ0) is 11.5. The number of pyridine rings is 1. The summed E-state index contributed by atoms with van der Waals surface area (Å²) in [6.07, 6.45) is 6.24. The second kappa shape index (κ2) is 4.76. The van der Waals surface area contributed by atoms with Gasteiger partial charge in [-0.2, -0.15) is 0 Å². The van der Waals surface area contributed by atoms with Gasteiger partial charge in [-0.05, 0) is 41.0 Å². The Balaban J connectivity index is 2.46. The minimum absolute atomic E-state index is 0.584. The van der Waals surface area contributed by atoms with E-state index in [1.165, 1.54) is 0 Å². The van der Waals surface area contributed by atoms with Gasteiger partial charge in [0.25, 0.3) is 0 Å². The lowest BCUT2D eigenvalue weighted by Crippen LogP contribution is -2.10. The maximum absolute atomic E-state index is 5.54. The van der Waals surface area contributed by atoms with E-state index in [1.54, 1.807) is 6.20 Å². The highest BCUT2D eigenvalue weighted by Gasteiger charge is 2.08. The summed E-state index contributed by atoms with van der Waals surface area (Å²) in [5.41, 5.74) is 6.66. The molecule has 0 saturated carbocycles. The largest absolute Gasteiger partial charge is 0.330 e. The predicted octanol–water partition coefficient (Wildman–Crippen LogP) is 1.84. The average molecular weight is 281 g/mol. The maximum Gasteiger partial charge on any atom is 0.152 e. The zero-order valence-electron chi connectivity index (χ0n) is 9.02. The summed E-state index contributed by atoms with van der Waals surface area (Å²) < 4.78 is 2.92. The van der Waals surface area contributed by atoms with Crippen LogP contribution < -0.4 is 5.73 Å². The quantitative estimate of drug-likeness (QED) is 0.934. The van der Waals surface area contributed by atoms with Gasteiger partial charge in [-0.25, -0.2) is 9.97 Å². The van der Waals surface area contributed by atoms with Gasteiger partial charge in [-0.15, -0.1) is 0 Å². The molecule has 0 amide bonds. The highest BCUT2D eigenvalue weighted by atomic mass is 79.9. The fraction of sp³-hybridized carbons (Fsp3) is 0.273. The van der Waals surface area contributed by atoms with Crippen LogP contribution >= 0.6 is 15.9 Å². The van der Waals surface area contributed by atoms with Gasteiger partial charge >= 0.3 is 0 Å². The van der Waals surface area contributed by atoms with Gasteiger partial charge in [0.1, 0.15) is 5.82 Å². The number of imidazole rings is 1. The van der Waals surface area contributed by atoms with Crippen molar-refractivity contribution in [2.75, 3.05) is 6.54 Å². The second-order valence-electron chi connectivity index (χ2n) is 3.57. The number of nitrogens with two attached hydrogens (primary N) is 1. The third kappa shape index (κ3) is 2.15. The zero-order valence-corrected chi connectivity index (χ0v) is 10.6. The number of rotatable bonds is 3. The Morgan fingerprint density at radius 1 is 1.44 bits per heavy atom. The first-order valence-corrected chi connectivity index (χ1v) is 5.86. The molecule has 0 unspecified atom stereocenters. The lowest BCUT2D eigenvalue weighted by atomic mass is 10.3. The van der Waals surface area contributed by atoms with Crippen molar-refractivity contribution in [2.45, 2.75) is 13.3 Å². The van der Waals surface area contributed by atoms with Gasteiger partial charge < -0.3 is 5.73 Å². The molecule has 2 rings (SSSR count). The van der Waals surface area contributed by atoms with Gasteiger partial charge in [0, 0.05) is 25.0 Å². The first-order valence-electron chi connectivity index (χ1n) is 5.07. The summed E-state index contributed by atoms with van der Waals surface area (Å²) >= 11 is 3.51. The monoisotopic (exact) mass is 280 g/mol. The molecule has 0 aromatic carbocycles. The van der Waals surface area contributed by atoms with Crippen LogP contribution in [-0.2, 0) is 6.42 Å². The van der Waals surface area contributed by atoms with Crippen molar-refractivity contribution < 1.29 is 0 Å². The van der Waals surface area contributed by atoms with Crippen molar-refractivity contribution in [3.05, 3.63) is 40.5 Å². The van der Waals surface area contributed by atoms with E-state index in [0.29, 0.717) is 6.54 Å². The van der Waals surface area contributed by atoms with Crippen molar-refractivity contribution in [1.29, 1.82) is 0 Å². The van der Waals surface area contributed by atoms with E-state index in [-0.39, 0.29) is 0 Å². The molecule has 2 aromatic rings. The van der Waals surface area contributed by atoms with Crippen molar-refractivity contribution in [1.82, 2.24) is 14.5 Å². The molecule has 0 fully saturated rings. The Bertz CT molecular complexity index is 492. The molecule has 0 aliphatic heterocycles. The SMILES string of the molecule is Cc1cnc(-n2ccnc2CCN)c(Br)c1. The van der Waals surface area contributed by atoms with Gasteiger partial charge in [0.05, 0.1) is 4.47 Å². The van der Waals surface area contributed by atoms with Gasteiger partial charge in [0.2, 0.25) is 0 Å². The highest BCUT2D eigenvalue weighted by Crippen LogP contribution is 2.20. The van der Waals surface area contributed by atoms with E-state index >= 15 is 0 Å². The Morgan fingerprint density at radius 2 is 2.25 bits per heavy atom. The molecular formula is C11H13BrN4. The van der Waals surface area contributed by atoms with E-state index in [2.05, 4.69) is 25.9 Å². The lowest BCUT2D eigenvalue weighted by Gasteiger charge is -2.08. The molecule has 16 heavy (non-hydrogen) atoms. The summed E-state index contributed by atoms with van der Waals surface area (Å²) in [6, 6.07) is 2.04. The van der Waals surface area contributed by atoms with Crippen LogP contribution in [0, 0.1) is 6.92 Å². The first-order chi connectivity index (χ1) is 7.72. The highest BCUT2D eigenvalue weighted by molar-refractivity contribution is 9.10. The van der Waals surface area contributed by atoms with Crippen molar-refractivity contribution in [3.8, 4) is 5.82 Å².